The van der Waals surface area contributed by atoms with Gasteiger partial charge >= 0.3 is 0 Å². The van der Waals surface area contributed by atoms with E-state index < -0.39 is 9.84 Å². The molecular weight excluding hydrogens is 298 g/mol. The van der Waals surface area contributed by atoms with Gasteiger partial charge in [0.25, 0.3) is 0 Å². The molecule has 0 aliphatic heterocycles. The minimum Gasteiger partial charge on any atom is -0.456 e. The minimum atomic E-state index is -3.21. The predicted molar refractivity (Wildman–Crippen MR) is 79.0 cm³/mol. The van der Waals surface area contributed by atoms with Crippen molar-refractivity contribution in [1.29, 1.82) is 0 Å². The fourth-order valence-electron chi connectivity index (χ4n) is 1.64. The summed E-state index contributed by atoms with van der Waals surface area (Å²) in [6, 6.07) is 11.5. The SMILES string of the molecule is CS(=O)(=O)c1ccc(Oc2ccc(CN)cc2Cl)cc1. The highest BCUT2D eigenvalue weighted by Gasteiger charge is 2.08. The van der Waals surface area contributed by atoms with Crippen LogP contribution in [0.1, 0.15) is 5.56 Å². The molecule has 0 aliphatic carbocycles. The van der Waals surface area contributed by atoms with Gasteiger partial charge in [0.2, 0.25) is 0 Å². The van der Waals surface area contributed by atoms with Gasteiger partial charge in [-0.2, -0.15) is 0 Å². The lowest BCUT2D eigenvalue weighted by molar-refractivity contribution is 0.482. The maximum absolute atomic E-state index is 11.4. The molecule has 20 heavy (non-hydrogen) atoms. The molecule has 0 atom stereocenters. The van der Waals surface area contributed by atoms with E-state index in [4.69, 9.17) is 22.1 Å². The van der Waals surface area contributed by atoms with Crippen LogP contribution in [0.4, 0.5) is 0 Å². The molecule has 0 amide bonds. The Balaban J connectivity index is 2.22. The quantitative estimate of drug-likeness (QED) is 0.942. The number of ether oxygens (including phenoxy) is 1. The Hall–Kier alpha value is -1.56. The summed E-state index contributed by atoms with van der Waals surface area (Å²) in [6.45, 7) is 0.406. The molecular formula is C14H14ClNO3S. The Morgan fingerprint density at radius 2 is 1.80 bits per heavy atom. The number of hydrogen-bond acceptors (Lipinski definition) is 4. The molecule has 0 saturated carbocycles. The molecule has 0 bridgehead atoms. The van der Waals surface area contributed by atoms with Gasteiger partial charge in [-0.3, -0.25) is 0 Å². The van der Waals surface area contributed by atoms with Crippen LogP contribution in [0.5, 0.6) is 11.5 Å². The smallest absolute Gasteiger partial charge is 0.175 e. The summed E-state index contributed by atoms with van der Waals surface area (Å²) in [5, 5.41) is 0.458. The lowest BCUT2D eigenvalue weighted by Crippen LogP contribution is -1.97. The van der Waals surface area contributed by atoms with Crippen LogP contribution in [0.15, 0.2) is 47.4 Å². The van der Waals surface area contributed by atoms with Crippen molar-refractivity contribution in [3.05, 3.63) is 53.1 Å². The van der Waals surface area contributed by atoms with Crippen LogP contribution in [0.25, 0.3) is 0 Å². The summed E-state index contributed by atoms with van der Waals surface area (Å²) in [5.41, 5.74) is 6.43. The van der Waals surface area contributed by atoms with Gasteiger partial charge in [-0.05, 0) is 42.0 Å². The van der Waals surface area contributed by atoms with E-state index in [9.17, 15) is 8.42 Å². The zero-order valence-corrected chi connectivity index (χ0v) is 12.4. The van der Waals surface area contributed by atoms with E-state index in [2.05, 4.69) is 0 Å². The molecule has 4 nitrogen and oxygen atoms in total. The van der Waals surface area contributed by atoms with E-state index in [1.807, 2.05) is 6.07 Å². The van der Waals surface area contributed by atoms with E-state index in [-0.39, 0.29) is 4.90 Å². The Kier molecular flexibility index (Phi) is 4.32. The number of sulfone groups is 1. The Labute approximate surface area is 123 Å². The highest BCUT2D eigenvalue weighted by Crippen LogP contribution is 2.30. The van der Waals surface area contributed by atoms with Crippen molar-refractivity contribution >= 4 is 21.4 Å². The molecule has 0 spiro atoms. The molecule has 0 fully saturated rings. The van der Waals surface area contributed by atoms with Gasteiger partial charge in [0, 0.05) is 12.8 Å². The zero-order chi connectivity index (χ0) is 14.8. The molecule has 2 aromatic carbocycles. The molecule has 6 heteroatoms. The summed E-state index contributed by atoms with van der Waals surface area (Å²) in [5.74, 6) is 1.01. The normalized spacial score (nSPS) is 11.3. The number of hydrogen-bond donors (Lipinski definition) is 1. The first-order chi connectivity index (χ1) is 9.40. The molecule has 2 rings (SSSR count). The van der Waals surface area contributed by atoms with Crippen molar-refractivity contribution in [2.75, 3.05) is 6.26 Å². The Morgan fingerprint density at radius 1 is 1.15 bits per heavy atom. The van der Waals surface area contributed by atoms with E-state index >= 15 is 0 Å². The van der Waals surface area contributed by atoms with Crippen LogP contribution in [0.3, 0.4) is 0 Å². The van der Waals surface area contributed by atoms with Gasteiger partial charge in [0.15, 0.2) is 9.84 Å². The molecule has 0 aliphatic rings. The first-order valence-electron chi connectivity index (χ1n) is 5.86. The third-order valence-electron chi connectivity index (χ3n) is 2.71. The van der Waals surface area contributed by atoms with Gasteiger partial charge in [-0.15, -0.1) is 0 Å². The molecule has 2 aromatic rings. The third-order valence-corrected chi connectivity index (χ3v) is 4.14. The lowest BCUT2D eigenvalue weighted by Gasteiger charge is -2.09. The highest BCUT2D eigenvalue weighted by molar-refractivity contribution is 7.90. The Morgan fingerprint density at radius 3 is 2.30 bits per heavy atom. The standard InChI is InChI=1S/C14H14ClNO3S/c1-20(17,18)12-5-3-11(4-6-12)19-14-7-2-10(9-16)8-13(14)15/h2-8H,9,16H2,1H3. The maximum atomic E-state index is 11.4. The van der Waals surface area contributed by atoms with E-state index in [1.54, 1.807) is 24.3 Å². The summed E-state index contributed by atoms with van der Waals surface area (Å²) in [7, 11) is -3.21. The Bertz CT molecular complexity index is 712. The van der Waals surface area contributed by atoms with Gasteiger partial charge in [0.1, 0.15) is 11.5 Å². The predicted octanol–water partition coefficient (Wildman–Crippen LogP) is 2.99. The summed E-state index contributed by atoms with van der Waals surface area (Å²) in [4.78, 5) is 0.245. The lowest BCUT2D eigenvalue weighted by atomic mass is 10.2. The molecule has 0 radical (unpaired) electrons. The maximum Gasteiger partial charge on any atom is 0.175 e. The summed E-state index contributed by atoms with van der Waals surface area (Å²) in [6.07, 6.45) is 1.16. The van der Waals surface area contributed by atoms with Gasteiger partial charge in [-0.25, -0.2) is 8.42 Å². The number of halogens is 1. The number of nitrogens with two attached hydrogens (primary N) is 1. The molecule has 2 N–H and O–H groups in total. The summed E-state index contributed by atoms with van der Waals surface area (Å²) < 4.78 is 28.3. The van der Waals surface area contributed by atoms with E-state index in [0.29, 0.717) is 23.1 Å². The van der Waals surface area contributed by atoms with Crippen molar-refractivity contribution < 1.29 is 13.2 Å². The average molecular weight is 312 g/mol. The van der Waals surface area contributed by atoms with Crippen LogP contribution in [-0.4, -0.2) is 14.7 Å². The second-order valence-electron chi connectivity index (χ2n) is 4.31. The molecule has 0 aromatic heterocycles. The van der Waals surface area contributed by atoms with Crippen LogP contribution < -0.4 is 10.5 Å². The third kappa shape index (κ3) is 3.50. The van der Waals surface area contributed by atoms with Crippen molar-refractivity contribution in [3.8, 4) is 11.5 Å². The zero-order valence-electron chi connectivity index (χ0n) is 10.8. The first kappa shape index (κ1) is 14.8. The summed E-state index contributed by atoms with van der Waals surface area (Å²) >= 11 is 6.09. The van der Waals surface area contributed by atoms with Crippen molar-refractivity contribution in [3.63, 3.8) is 0 Å². The largest absolute Gasteiger partial charge is 0.456 e. The monoisotopic (exact) mass is 311 g/mol. The van der Waals surface area contributed by atoms with Crippen LogP contribution in [-0.2, 0) is 16.4 Å². The van der Waals surface area contributed by atoms with E-state index in [1.165, 1.54) is 12.1 Å². The van der Waals surface area contributed by atoms with Crippen LogP contribution in [0.2, 0.25) is 5.02 Å². The topological polar surface area (TPSA) is 69.4 Å². The second-order valence-corrected chi connectivity index (χ2v) is 6.74. The van der Waals surface area contributed by atoms with Gasteiger partial charge < -0.3 is 10.5 Å². The second kappa shape index (κ2) is 5.83. The van der Waals surface area contributed by atoms with Crippen LogP contribution in [0, 0.1) is 0 Å². The highest BCUT2D eigenvalue weighted by atomic mass is 35.5. The molecule has 0 saturated heterocycles. The molecule has 0 heterocycles. The van der Waals surface area contributed by atoms with E-state index in [0.717, 1.165) is 11.8 Å². The number of benzene rings is 2. The van der Waals surface area contributed by atoms with Crippen molar-refractivity contribution in [1.82, 2.24) is 0 Å². The van der Waals surface area contributed by atoms with Crippen molar-refractivity contribution in [2.24, 2.45) is 5.73 Å². The fraction of sp³-hybridized carbons (Fsp3) is 0.143. The number of rotatable bonds is 4. The van der Waals surface area contributed by atoms with Gasteiger partial charge in [0.05, 0.1) is 9.92 Å². The van der Waals surface area contributed by atoms with Crippen molar-refractivity contribution in [2.45, 2.75) is 11.4 Å². The molecule has 0 unspecified atom stereocenters. The average Bonchev–Trinajstić information content (AvgIpc) is 2.40. The fourth-order valence-corrected chi connectivity index (χ4v) is 2.51. The molecule has 106 valence electrons. The van der Waals surface area contributed by atoms with Gasteiger partial charge in [-0.1, -0.05) is 17.7 Å². The minimum absolute atomic E-state index is 0.245. The first-order valence-corrected chi connectivity index (χ1v) is 8.13. The van der Waals surface area contributed by atoms with Crippen LogP contribution >= 0.6 is 11.6 Å².